The Kier molecular flexibility index (Phi) is 9.75. The fourth-order valence-electron chi connectivity index (χ4n) is 2.34. The van der Waals surface area contributed by atoms with Crippen molar-refractivity contribution < 1.29 is 9.59 Å². The van der Waals surface area contributed by atoms with Crippen LogP contribution in [0.4, 0.5) is 0 Å². The minimum Gasteiger partial charge on any atom is -0.352 e. The second-order valence-electron chi connectivity index (χ2n) is 6.85. The first-order valence-corrected chi connectivity index (χ1v) is 8.66. The summed E-state index contributed by atoms with van der Waals surface area (Å²) in [6.45, 7) is 10.2. The van der Waals surface area contributed by atoms with E-state index in [2.05, 4.69) is 10.6 Å². The Hall–Kier alpha value is -1.59. The molecule has 0 aliphatic carbocycles. The molecule has 1 atom stereocenters. The van der Waals surface area contributed by atoms with Gasteiger partial charge in [-0.2, -0.15) is 0 Å². The van der Waals surface area contributed by atoms with E-state index in [-0.39, 0.29) is 30.1 Å². The molecule has 25 heavy (non-hydrogen) atoms. The van der Waals surface area contributed by atoms with E-state index in [4.69, 9.17) is 5.73 Å². The monoisotopic (exact) mass is 369 g/mol. The van der Waals surface area contributed by atoms with Gasteiger partial charge < -0.3 is 16.4 Å². The number of nitrogens with one attached hydrogen (secondary N) is 2. The topological polar surface area (TPSA) is 84.2 Å². The molecule has 0 saturated carbocycles. The highest BCUT2D eigenvalue weighted by Crippen LogP contribution is 2.11. The first-order chi connectivity index (χ1) is 11.2. The van der Waals surface area contributed by atoms with Crippen molar-refractivity contribution in [1.29, 1.82) is 0 Å². The number of hydrogen-bond acceptors (Lipinski definition) is 3. The van der Waals surface area contributed by atoms with Gasteiger partial charge in [0.15, 0.2) is 0 Å². The zero-order valence-corrected chi connectivity index (χ0v) is 16.7. The summed E-state index contributed by atoms with van der Waals surface area (Å²) >= 11 is 0. The normalized spacial score (nSPS) is 12.3. The van der Waals surface area contributed by atoms with Crippen LogP contribution in [0.3, 0.4) is 0 Å². The number of amides is 2. The molecule has 1 aromatic rings. The van der Waals surface area contributed by atoms with E-state index in [1.54, 1.807) is 12.1 Å². The summed E-state index contributed by atoms with van der Waals surface area (Å²) in [5.74, 6) is -0.453. The summed E-state index contributed by atoms with van der Waals surface area (Å²) in [5.41, 5.74) is 7.46. The lowest BCUT2D eigenvalue weighted by molar-refractivity contribution is -0.124. The van der Waals surface area contributed by atoms with E-state index in [0.29, 0.717) is 12.1 Å². The summed E-state index contributed by atoms with van der Waals surface area (Å²) in [6.07, 6.45) is 1.57. The third-order valence-corrected chi connectivity index (χ3v) is 4.57. The predicted molar refractivity (Wildman–Crippen MR) is 105 cm³/mol. The Labute approximate surface area is 157 Å². The average molecular weight is 370 g/mol. The Morgan fingerprint density at radius 3 is 2.08 bits per heavy atom. The maximum absolute atomic E-state index is 12.5. The van der Waals surface area contributed by atoms with Gasteiger partial charge in [-0.05, 0) is 37.8 Å². The van der Waals surface area contributed by atoms with Gasteiger partial charge >= 0.3 is 0 Å². The first-order valence-electron chi connectivity index (χ1n) is 8.66. The fraction of sp³-hybridized carbons (Fsp3) is 0.579. The SMILES string of the molecule is CCC(N)(CC)CNC(=O)C(NC(=O)c1ccc(C)cc1)C(C)C.Cl. The lowest BCUT2D eigenvalue weighted by Gasteiger charge is -2.29. The van der Waals surface area contributed by atoms with Gasteiger partial charge in [-0.15, -0.1) is 12.4 Å². The van der Waals surface area contributed by atoms with Crippen LogP contribution in [-0.2, 0) is 4.79 Å². The number of halogens is 1. The highest BCUT2D eigenvalue weighted by molar-refractivity contribution is 5.97. The molecule has 0 bridgehead atoms. The molecule has 6 heteroatoms. The molecule has 5 nitrogen and oxygen atoms in total. The van der Waals surface area contributed by atoms with Crippen molar-refractivity contribution in [1.82, 2.24) is 10.6 Å². The van der Waals surface area contributed by atoms with Crippen molar-refractivity contribution in [2.24, 2.45) is 11.7 Å². The molecule has 1 unspecified atom stereocenters. The van der Waals surface area contributed by atoms with Crippen molar-refractivity contribution in [3.8, 4) is 0 Å². The number of carbonyl (C=O) groups excluding carboxylic acids is 2. The van der Waals surface area contributed by atoms with Gasteiger partial charge in [-0.3, -0.25) is 9.59 Å². The number of benzene rings is 1. The van der Waals surface area contributed by atoms with Gasteiger partial charge in [0, 0.05) is 17.6 Å². The Balaban J connectivity index is 0.00000576. The number of carbonyl (C=O) groups is 2. The minimum atomic E-state index is -0.586. The molecule has 2 amide bonds. The molecule has 0 heterocycles. The summed E-state index contributed by atoms with van der Waals surface area (Å²) in [4.78, 5) is 24.9. The minimum absolute atomic E-state index is 0. The smallest absolute Gasteiger partial charge is 0.251 e. The van der Waals surface area contributed by atoms with E-state index >= 15 is 0 Å². The van der Waals surface area contributed by atoms with Crippen molar-refractivity contribution in [2.45, 2.75) is 59.0 Å². The zero-order valence-electron chi connectivity index (χ0n) is 15.9. The fourth-order valence-corrected chi connectivity index (χ4v) is 2.34. The van der Waals surface area contributed by atoms with E-state index < -0.39 is 11.6 Å². The number of nitrogens with two attached hydrogens (primary N) is 1. The molecule has 0 radical (unpaired) electrons. The molecule has 1 rings (SSSR count). The van der Waals surface area contributed by atoms with E-state index in [1.807, 2.05) is 46.8 Å². The van der Waals surface area contributed by atoms with Crippen molar-refractivity contribution in [3.05, 3.63) is 35.4 Å². The molecule has 0 fully saturated rings. The van der Waals surface area contributed by atoms with Crippen LogP contribution < -0.4 is 16.4 Å². The zero-order chi connectivity index (χ0) is 18.3. The van der Waals surface area contributed by atoms with Gasteiger partial charge in [-0.1, -0.05) is 45.4 Å². The Morgan fingerprint density at radius 1 is 1.12 bits per heavy atom. The van der Waals surface area contributed by atoms with E-state index in [1.165, 1.54) is 0 Å². The lowest BCUT2D eigenvalue weighted by atomic mass is 9.94. The molecule has 4 N–H and O–H groups in total. The van der Waals surface area contributed by atoms with Crippen molar-refractivity contribution >= 4 is 24.2 Å². The Morgan fingerprint density at radius 2 is 1.64 bits per heavy atom. The van der Waals surface area contributed by atoms with E-state index in [9.17, 15) is 9.59 Å². The lowest BCUT2D eigenvalue weighted by Crippen LogP contribution is -2.55. The largest absolute Gasteiger partial charge is 0.352 e. The van der Waals surface area contributed by atoms with Gasteiger partial charge in [0.25, 0.3) is 5.91 Å². The highest BCUT2D eigenvalue weighted by Gasteiger charge is 2.27. The van der Waals surface area contributed by atoms with E-state index in [0.717, 1.165) is 18.4 Å². The van der Waals surface area contributed by atoms with Crippen LogP contribution in [0.25, 0.3) is 0 Å². The standard InChI is InChI=1S/C19H31N3O2.ClH/c1-6-19(20,7-2)12-21-18(24)16(13(3)4)22-17(23)15-10-8-14(5)9-11-15;/h8-11,13,16H,6-7,12,20H2,1-5H3,(H,21,24)(H,22,23);1H. The molecule has 1 aromatic carbocycles. The summed E-state index contributed by atoms with van der Waals surface area (Å²) < 4.78 is 0. The third-order valence-electron chi connectivity index (χ3n) is 4.57. The van der Waals surface area contributed by atoms with Crippen LogP contribution in [-0.4, -0.2) is 29.9 Å². The quantitative estimate of drug-likeness (QED) is 0.658. The van der Waals surface area contributed by atoms with Crippen LogP contribution in [0.5, 0.6) is 0 Å². The van der Waals surface area contributed by atoms with Crippen molar-refractivity contribution in [2.75, 3.05) is 6.54 Å². The molecule has 0 aliphatic heterocycles. The van der Waals surface area contributed by atoms with Gasteiger partial charge in [0.2, 0.25) is 5.91 Å². The predicted octanol–water partition coefficient (Wildman–Crippen LogP) is 2.80. The second kappa shape index (κ2) is 10.4. The van der Waals surface area contributed by atoms with Crippen molar-refractivity contribution in [3.63, 3.8) is 0 Å². The van der Waals surface area contributed by atoms with Crippen LogP contribution in [0.2, 0.25) is 0 Å². The molecular weight excluding hydrogens is 338 g/mol. The molecule has 0 spiro atoms. The van der Waals surface area contributed by atoms with Gasteiger partial charge in [-0.25, -0.2) is 0 Å². The second-order valence-corrected chi connectivity index (χ2v) is 6.85. The molecule has 0 aliphatic rings. The summed E-state index contributed by atoms with van der Waals surface area (Å²) in [6, 6.07) is 6.70. The van der Waals surface area contributed by atoms with Crippen LogP contribution in [0.15, 0.2) is 24.3 Å². The maximum atomic E-state index is 12.5. The summed E-state index contributed by atoms with van der Waals surface area (Å²) in [7, 11) is 0. The van der Waals surface area contributed by atoms with Gasteiger partial charge in [0.1, 0.15) is 6.04 Å². The molecule has 0 aromatic heterocycles. The Bertz CT molecular complexity index is 554. The van der Waals surface area contributed by atoms with Crippen LogP contribution >= 0.6 is 12.4 Å². The maximum Gasteiger partial charge on any atom is 0.251 e. The van der Waals surface area contributed by atoms with Gasteiger partial charge in [0.05, 0.1) is 0 Å². The average Bonchev–Trinajstić information content (AvgIpc) is 2.57. The molecular formula is C19H32ClN3O2. The highest BCUT2D eigenvalue weighted by atomic mass is 35.5. The number of rotatable bonds is 8. The van der Waals surface area contributed by atoms with Crippen LogP contribution in [0, 0.1) is 12.8 Å². The summed E-state index contributed by atoms with van der Waals surface area (Å²) in [5, 5.41) is 5.73. The van der Waals surface area contributed by atoms with Crippen LogP contribution in [0.1, 0.15) is 56.5 Å². The first kappa shape index (κ1) is 23.4. The third kappa shape index (κ3) is 7.04. The number of aryl methyl sites for hydroxylation is 1. The molecule has 142 valence electrons. The number of hydrogen-bond donors (Lipinski definition) is 3. The molecule has 0 saturated heterocycles.